The Bertz CT molecular complexity index is 741. The normalized spacial score (nSPS) is 10.9. The molecule has 1 aromatic carbocycles. The molecule has 90 valence electrons. The van der Waals surface area contributed by atoms with Gasteiger partial charge in [-0.2, -0.15) is 0 Å². The quantitative estimate of drug-likeness (QED) is 0.746. The van der Waals surface area contributed by atoms with Crippen LogP contribution in [0.3, 0.4) is 0 Å². The summed E-state index contributed by atoms with van der Waals surface area (Å²) in [5.74, 6) is 0. The van der Waals surface area contributed by atoms with E-state index in [9.17, 15) is 4.79 Å². The Kier molecular flexibility index (Phi) is 2.48. The van der Waals surface area contributed by atoms with Gasteiger partial charge in [-0.25, -0.2) is 4.98 Å². The topological polar surface area (TPSA) is 50.7 Å². The number of fused-ring (bicyclic) bond motifs is 1. The second-order valence-corrected chi connectivity index (χ2v) is 4.12. The van der Waals surface area contributed by atoms with Crippen LogP contribution in [0.15, 0.2) is 47.7 Å². The van der Waals surface area contributed by atoms with Crippen molar-refractivity contribution in [2.75, 3.05) is 0 Å². The SMILES string of the molecule is CCn1cc(-c2ccccc2)c2nc[nH]c(=O)c21. The lowest BCUT2D eigenvalue weighted by Crippen LogP contribution is -2.10. The number of hydrogen-bond donors (Lipinski definition) is 1. The fraction of sp³-hybridized carbons (Fsp3) is 0.143. The predicted octanol–water partition coefficient (Wildman–Crippen LogP) is 2.41. The Morgan fingerprint density at radius 3 is 2.78 bits per heavy atom. The summed E-state index contributed by atoms with van der Waals surface area (Å²) in [7, 11) is 0. The van der Waals surface area contributed by atoms with Gasteiger partial charge in [-0.1, -0.05) is 30.3 Å². The molecule has 2 aromatic heterocycles. The van der Waals surface area contributed by atoms with Crippen molar-refractivity contribution in [1.29, 1.82) is 0 Å². The van der Waals surface area contributed by atoms with Gasteiger partial charge in [-0.3, -0.25) is 4.79 Å². The van der Waals surface area contributed by atoms with Crippen LogP contribution >= 0.6 is 0 Å². The van der Waals surface area contributed by atoms with Crippen molar-refractivity contribution in [2.24, 2.45) is 0 Å². The zero-order valence-corrected chi connectivity index (χ0v) is 10.1. The maximum Gasteiger partial charge on any atom is 0.275 e. The Hall–Kier alpha value is -2.36. The molecule has 4 nitrogen and oxygen atoms in total. The number of aromatic amines is 1. The number of nitrogens with zero attached hydrogens (tertiary/aromatic N) is 2. The first kappa shape index (κ1) is 10.8. The van der Waals surface area contributed by atoms with Gasteiger partial charge in [0.15, 0.2) is 0 Å². The summed E-state index contributed by atoms with van der Waals surface area (Å²) in [6.07, 6.45) is 3.44. The predicted molar refractivity (Wildman–Crippen MR) is 71.5 cm³/mol. The van der Waals surface area contributed by atoms with Crippen molar-refractivity contribution in [3.05, 3.63) is 53.2 Å². The molecule has 2 heterocycles. The molecule has 4 heteroatoms. The van der Waals surface area contributed by atoms with E-state index in [1.54, 1.807) is 0 Å². The lowest BCUT2D eigenvalue weighted by Gasteiger charge is -1.96. The molecule has 0 unspecified atom stereocenters. The minimum atomic E-state index is -0.0935. The summed E-state index contributed by atoms with van der Waals surface area (Å²) in [6, 6.07) is 9.99. The fourth-order valence-corrected chi connectivity index (χ4v) is 2.22. The molecule has 0 amide bonds. The molecule has 0 aliphatic rings. The van der Waals surface area contributed by atoms with Crippen molar-refractivity contribution in [2.45, 2.75) is 13.5 Å². The van der Waals surface area contributed by atoms with Gasteiger partial charge in [0.25, 0.3) is 5.56 Å². The summed E-state index contributed by atoms with van der Waals surface area (Å²) >= 11 is 0. The smallest absolute Gasteiger partial charge is 0.275 e. The highest BCUT2D eigenvalue weighted by Crippen LogP contribution is 2.26. The number of benzene rings is 1. The van der Waals surface area contributed by atoms with Gasteiger partial charge < -0.3 is 9.55 Å². The summed E-state index contributed by atoms with van der Waals surface area (Å²) in [4.78, 5) is 18.8. The maximum atomic E-state index is 11.9. The van der Waals surface area contributed by atoms with Gasteiger partial charge in [-0.15, -0.1) is 0 Å². The van der Waals surface area contributed by atoms with Crippen molar-refractivity contribution in [3.8, 4) is 11.1 Å². The molecule has 3 aromatic rings. The first-order valence-corrected chi connectivity index (χ1v) is 5.93. The molecule has 0 saturated heterocycles. The largest absolute Gasteiger partial charge is 0.341 e. The van der Waals surface area contributed by atoms with E-state index in [0.29, 0.717) is 5.52 Å². The van der Waals surface area contributed by atoms with Crippen LogP contribution in [0.5, 0.6) is 0 Å². The third kappa shape index (κ3) is 1.54. The molecule has 1 N–H and O–H groups in total. The lowest BCUT2D eigenvalue weighted by molar-refractivity contribution is 0.792. The molecule has 0 saturated carbocycles. The number of aromatic nitrogens is 3. The fourth-order valence-electron chi connectivity index (χ4n) is 2.22. The van der Waals surface area contributed by atoms with E-state index in [0.717, 1.165) is 23.2 Å². The van der Waals surface area contributed by atoms with Gasteiger partial charge in [0.1, 0.15) is 11.0 Å². The minimum Gasteiger partial charge on any atom is -0.341 e. The monoisotopic (exact) mass is 239 g/mol. The number of aryl methyl sites for hydroxylation is 1. The van der Waals surface area contributed by atoms with Crippen LogP contribution in [0.25, 0.3) is 22.2 Å². The summed E-state index contributed by atoms with van der Waals surface area (Å²) < 4.78 is 1.93. The van der Waals surface area contributed by atoms with Crippen molar-refractivity contribution in [3.63, 3.8) is 0 Å². The Morgan fingerprint density at radius 1 is 1.28 bits per heavy atom. The summed E-state index contributed by atoms with van der Waals surface area (Å²) in [5, 5.41) is 0. The average Bonchev–Trinajstić information content (AvgIpc) is 2.80. The Labute approximate surface area is 104 Å². The van der Waals surface area contributed by atoms with Gasteiger partial charge in [0.2, 0.25) is 0 Å². The van der Waals surface area contributed by atoms with Crippen LogP contribution in [0.1, 0.15) is 6.92 Å². The highest BCUT2D eigenvalue weighted by molar-refractivity contribution is 5.92. The summed E-state index contributed by atoms with van der Waals surface area (Å²) in [5.41, 5.74) is 3.38. The molecule has 0 spiro atoms. The van der Waals surface area contributed by atoms with Crippen LogP contribution in [0.4, 0.5) is 0 Å². The molecule has 0 bridgehead atoms. The van der Waals surface area contributed by atoms with Gasteiger partial charge in [-0.05, 0) is 12.5 Å². The van der Waals surface area contributed by atoms with Gasteiger partial charge >= 0.3 is 0 Å². The first-order chi connectivity index (χ1) is 8.81. The number of hydrogen-bond acceptors (Lipinski definition) is 2. The van der Waals surface area contributed by atoms with E-state index in [1.807, 2.05) is 48.0 Å². The second-order valence-electron chi connectivity index (χ2n) is 4.12. The van der Waals surface area contributed by atoms with E-state index < -0.39 is 0 Å². The van der Waals surface area contributed by atoms with E-state index in [4.69, 9.17) is 0 Å². The van der Waals surface area contributed by atoms with E-state index in [-0.39, 0.29) is 5.56 Å². The third-order valence-electron chi connectivity index (χ3n) is 3.08. The van der Waals surface area contributed by atoms with Gasteiger partial charge in [0.05, 0.1) is 6.33 Å². The molecule has 18 heavy (non-hydrogen) atoms. The molecule has 0 radical (unpaired) electrons. The van der Waals surface area contributed by atoms with Crippen LogP contribution < -0.4 is 5.56 Å². The average molecular weight is 239 g/mol. The molecular formula is C14H13N3O. The van der Waals surface area contributed by atoms with E-state index in [1.165, 1.54) is 6.33 Å². The zero-order chi connectivity index (χ0) is 12.5. The van der Waals surface area contributed by atoms with Crippen LogP contribution in [-0.4, -0.2) is 14.5 Å². The highest BCUT2D eigenvalue weighted by Gasteiger charge is 2.12. The molecule has 0 fully saturated rings. The van der Waals surface area contributed by atoms with Crippen molar-refractivity contribution in [1.82, 2.24) is 14.5 Å². The third-order valence-corrected chi connectivity index (χ3v) is 3.08. The van der Waals surface area contributed by atoms with Crippen LogP contribution in [-0.2, 0) is 6.54 Å². The number of rotatable bonds is 2. The molecule has 0 aliphatic heterocycles. The Morgan fingerprint density at radius 2 is 2.06 bits per heavy atom. The number of nitrogens with one attached hydrogen (secondary N) is 1. The number of H-pyrrole nitrogens is 1. The second kappa shape index (κ2) is 4.14. The molecule has 3 rings (SSSR count). The lowest BCUT2D eigenvalue weighted by atomic mass is 10.1. The van der Waals surface area contributed by atoms with Crippen LogP contribution in [0, 0.1) is 0 Å². The molecular weight excluding hydrogens is 226 g/mol. The van der Waals surface area contributed by atoms with E-state index in [2.05, 4.69) is 9.97 Å². The highest BCUT2D eigenvalue weighted by atomic mass is 16.1. The van der Waals surface area contributed by atoms with Crippen LogP contribution in [0.2, 0.25) is 0 Å². The molecule has 0 aliphatic carbocycles. The Balaban J connectivity index is 2.38. The minimum absolute atomic E-state index is 0.0935. The van der Waals surface area contributed by atoms with Gasteiger partial charge in [0, 0.05) is 18.3 Å². The maximum absolute atomic E-state index is 11.9. The molecule has 0 atom stereocenters. The summed E-state index contributed by atoms with van der Waals surface area (Å²) in [6.45, 7) is 2.76. The zero-order valence-electron chi connectivity index (χ0n) is 10.1. The standard InChI is InChI=1S/C14H13N3O/c1-2-17-8-11(10-6-4-3-5-7-10)12-13(17)14(18)16-9-15-12/h3-9H,2H2,1H3,(H,15,16,18). The van der Waals surface area contributed by atoms with E-state index >= 15 is 0 Å². The van der Waals surface area contributed by atoms with Crippen molar-refractivity contribution >= 4 is 11.0 Å². The van der Waals surface area contributed by atoms with Crippen molar-refractivity contribution < 1.29 is 0 Å². The first-order valence-electron chi connectivity index (χ1n) is 5.93.